The first-order valence-corrected chi connectivity index (χ1v) is 11.7. The fourth-order valence-electron chi connectivity index (χ4n) is 5.64. The van der Waals surface area contributed by atoms with Crippen LogP contribution in [0.3, 0.4) is 0 Å². The van der Waals surface area contributed by atoms with E-state index in [1.54, 1.807) is 0 Å². The molecular weight excluding hydrogens is 422 g/mol. The molecule has 1 aliphatic carbocycles. The number of benzene rings is 2. The van der Waals surface area contributed by atoms with Crippen molar-refractivity contribution >= 4 is 22.9 Å². The first-order valence-electron chi connectivity index (χ1n) is 11.7. The summed E-state index contributed by atoms with van der Waals surface area (Å²) in [6.45, 7) is 1.56. The van der Waals surface area contributed by atoms with Gasteiger partial charge in [-0.3, -0.25) is 4.90 Å². The van der Waals surface area contributed by atoms with Crippen molar-refractivity contribution in [3.05, 3.63) is 76.5 Å². The van der Waals surface area contributed by atoms with E-state index in [0.717, 1.165) is 60.6 Å². The molecule has 1 atom stereocenters. The first-order chi connectivity index (χ1) is 16.0. The molecule has 2 aromatic carbocycles. The molecule has 1 aliphatic heterocycles. The zero-order valence-electron chi connectivity index (χ0n) is 18.5. The van der Waals surface area contributed by atoms with Gasteiger partial charge in [0.15, 0.2) is 0 Å². The lowest BCUT2D eigenvalue weighted by Crippen LogP contribution is -2.40. The van der Waals surface area contributed by atoms with Crippen molar-refractivity contribution in [2.24, 2.45) is 5.92 Å². The second-order valence-electron chi connectivity index (χ2n) is 9.28. The van der Waals surface area contributed by atoms with Crippen LogP contribution in [0.4, 0.5) is 8.78 Å². The highest BCUT2D eigenvalue weighted by Crippen LogP contribution is 2.41. The Morgan fingerprint density at radius 2 is 1.85 bits per heavy atom. The monoisotopic (exact) mass is 450 g/mol. The van der Waals surface area contributed by atoms with Crippen LogP contribution >= 0.6 is 0 Å². The van der Waals surface area contributed by atoms with Crippen molar-refractivity contribution in [3.63, 3.8) is 0 Å². The lowest BCUT2D eigenvalue weighted by atomic mass is 9.86. The molecule has 0 spiro atoms. The topological polar surface area (TPSA) is 56.3 Å². The standard InChI is InChI=1S/C27H28F2N2O2/c28-21-14-18(10-11-24(32)33)15-22(29)25(21)27-26-20(19-8-4-5-9-23(19)30-26)12-13-31(27)16-17-6-2-1-3-7-17/h4-5,8-11,14-15,17,27,30H,1-3,6-7,12-13,16H2,(H,32,33)/b11-10+. The average Bonchev–Trinajstić information content (AvgIpc) is 3.18. The van der Waals surface area contributed by atoms with E-state index in [4.69, 9.17) is 5.11 Å². The van der Waals surface area contributed by atoms with Gasteiger partial charge in [-0.1, -0.05) is 37.5 Å². The van der Waals surface area contributed by atoms with Crippen molar-refractivity contribution in [2.75, 3.05) is 13.1 Å². The Morgan fingerprint density at radius 3 is 2.58 bits per heavy atom. The predicted molar refractivity (Wildman–Crippen MR) is 125 cm³/mol. The van der Waals surface area contributed by atoms with Crippen molar-refractivity contribution in [1.29, 1.82) is 0 Å². The van der Waals surface area contributed by atoms with Gasteiger partial charge in [0.2, 0.25) is 0 Å². The van der Waals surface area contributed by atoms with E-state index in [9.17, 15) is 4.79 Å². The van der Waals surface area contributed by atoms with Crippen LogP contribution in [0, 0.1) is 17.6 Å². The lowest BCUT2D eigenvalue weighted by Gasteiger charge is -2.39. The summed E-state index contributed by atoms with van der Waals surface area (Å²) in [6, 6.07) is 9.93. The van der Waals surface area contributed by atoms with Gasteiger partial charge in [0.05, 0.1) is 6.04 Å². The summed E-state index contributed by atoms with van der Waals surface area (Å²) in [5.74, 6) is -1.92. The van der Waals surface area contributed by atoms with Crippen molar-refractivity contribution in [3.8, 4) is 0 Å². The van der Waals surface area contributed by atoms with E-state index >= 15 is 8.78 Å². The number of carboxylic acids is 1. The number of rotatable bonds is 5. The maximum atomic E-state index is 15.5. The molecule has 2 aliphatic rings. The summed E-state index contributed by atoms with van der Waals surface area (Å²) in [5, 5.41) is 9.96. The highest BCUT2D eigenvalue weighted by molar-refractivity contribution is 5.86. The van der Waals surface area contributed by atoms with E-state index in [2.05, 4.69) is 16.0 Å². The van der Waals surface area contributed by atoms with Gasteiger partial charge in [-0.15, -0.1) is 0 Å². The maximum absolute atomic E-state index is 15.5. The Hall–Kier alpha value is -2.99. The molecule has 0 saturated heterocycles. The molecule has 0 radical (unpaired) electrons. The Morgan fingerprint density at radius 1 is 1.12 bits per heavy atom. The quantitative estimate of drug-likeness (QED) is 0.464. The second kappa shape index (κ2) is 9.10. The number of carbonyl (C=O) groups is 1. The Balaban J connectivity index is 1.60. The largest absolute Gasteiger partial charge is 0.478 e. The first kappa shape index (κ1) is 21.8. The molecule has 1 aromatic heterocycles. The molecule has 4 nitrogen and oxygen atoms in total. The van der Waals surface area contributed by atoms with E-state index in [1.807, 2.05) is 18.2 Å². The van der Waals surface area contributed by atoms with Crippen LogP contribution in [0.25, 0.3) is 17.0 Å². The van der Waals surface area contributed by atoms with Gasteiger partial charge < -0.3 is 10.1 Å². The summed E-state index contributed by atoms with van der Waals surface area (Å²) < 4.78 is 30.9. The molecule has 33 heavy (non-hydrogen) atoms. The molecule has 3 aromatic rings. The van der Waals surface area contributed by atoms with Crippen LogP contribution < -0.4 is 0 Å². The van der Waals surface area contributed by atoms with Crippen LogP contribution in [0.2, 0.25) is 0 Å². The molecule has 2 heterocycles. The Labute approximate surface area is 191 Å². The van der Waals surface area contributed by atoms with Crippen LogP contribution in [0.5, 0.6) is 0 Å². The third kappa shape index (κ3) is 4.32. The molecule has 2 N–H and O–H groups in total. The van der Waals surface area contributed by atoms with Gasteiger partial charge in [-0.2, -0.15) is 0 Å². The molecule has 6 heteroatoms. The van der Waals surface area contributed by atoms with Crippen molar-refractivity contribution in [2.45, 2.75) is 44.6 Å². The summed E-state index contributed by atoms with van der Waals surface area (Å²) in [4.78, 5) is 16.5. The maximum Gasteiger partial charge on any atom is 0.328 e. The molecule has 0 amide bonds. The van der Waals surface area contributed by atoms with E-state index in [0.29, 0.717) is 5.92 Å². The summed E-state index contributed by atoms with van der Waals surface area (Å²) in [7, 11) is 0. The number of nitrogens with one attached hydrogen (secondary N) is 1. The molecule has 0 bridgehead atoms. The van der Waals surface area contributed by atoms with Gasteiger partial charge >= 0.3 is 5.97 Å². The van der Waals surface area contributed by atoms with Gasteiger partial charge in [0.1, 0.15) is 11.6 Å². The number of hydrogen-bond acceptors (Lipinski definition) is 2. The lowest BCUT2D eigenvalue weighted by molar-refractivity contribution is -0.131. The number of H-pyrrole nitrogens is 1. The summed E-state index contributed by atoms with van der Waals surface area (Å²) in [6.07, 6.45) is 8.96. The number of carboxylic acid groups (broad SMARTS) is 1. The van der Waals surface area contributed by atoms with Crippen molar-refractivity contribution < 1.29 is 18.7 Å². The molecule has 1 unspecified atom stereocenters. The third-order valence-electron chi connectivity index (χ3n) is 7.14. The zero-order chi connectivity index (χ0) is 22.9. The van der Waals surface area contributed by atoms with Gasteiger partial charge in [0.25, 0.3) is 0 Å². The molecule has 1 fully saturated rings. The average molecular weight is 451 g/mol. The predicted octanol–water partition coefficient (Wildman–Crippen LogP) is 6.07. The number of halogens is 2. The molecular formula is C27H28F2N2O2. The number of para-hydroxylation sites is 1. The van der Waals surface area contributed by atoms with Crippen LogP contribution in [-0.2, 0) is 11.2 Å². The molecule has 1 saturated carbocycles. The number of aromatic nitrogens is 1. The fourth-order valence-corrected chi connectivity index (χ4v) is 5.64. The number of fused-ring (bicyclic) bond motifs is 3. The SMILES string of the molecule is O=C(O)/C=C/c1cc(F)c(C2c3[nH]c4ccccc4c3CCN2CC2CCCCC2)c(F)c1. The van der Waals surface area contributed by atoms with Crippen molar-refractivity contribution in [1.82, 2.24) is 9.88 Å². The Bertz CT molecular complexity index is 1190. The van der Waals surface area contributed by atoms with E-state index < -0.39 is 23.6 Å². The zero-order valence-corrected chi connectivity index (χ0v) is 18.5. The number of nitrogens with zero attached hydrogens (tertiary/aromatic N) is 1. The minimum absolute atomic E-state index is 0.0331. The van der Waals surface area contributed by atoms with Gasteiger partial charge in [-0.25, -0.2) is 13.6 Å². The minimum Gasteiger partial charge on any atom is -0.478 e. The summed E-state index contributed by atoms with van der Waals surface area (Å²) >= 11 is 0. The molecule has 172 valence electrons. The van der Waals surface area contributed by atoms with E-state index in [-0.39, 0.29) is 11.1 Å². The van der Waals surface area contributed by atoms with Crippen LogP contribution in [-0.4, -0.2) is 34.0 Å². The van der Waals surface area contributed by atoms with Crippen LogP contribution in [0.15, 0.2) is 42.5 Å². The fraction of sp³-hybridized carbons (Fsp3) is 0.370. The Kier molecular flexibility index (Phi) is 6.02. The highest BCUT2D eigenvalue weighted by atomic mass is 19.1. The van der Waals surface area contributed by atoms with Gasteiger partial charge in [-0.05, 0) is 60.6 Å². The van der Waals surface area contributed by atoms with E-state index in [1.165, 1.54) is 37.5 Å². The number of aromatic amines is 1. The highest BCUT2D eigenvalue weighted by Gasteiger charge is 2.36. The smallest absolute Gasteiger partial charge is 0.328 e. The normalized spacial score (nSPS) is 19.9. The second-order valence-corrected chi connectivity index (χ2v) is 9.28. The third-order valence-corrected chi connectivity index (χ3v) is 7.14. The molecule has 5 rings (SSSR count). The van der Waals surface area contributed by atoms with Gasteiger partial charge in [0, 0.05) is 41.3 Å². The minimum atomic E-state index is -1.16. The summed E-state index contributed by atoms with van der Waals surface area (Å²) in [5.41, 5.74) is 3.20. The number of hydrogen-bond donors (Lipinski definition) is 2. The van der Waals surface area contributed by atoms with Crippen LogP contribution in [0.1, 0.15) is 60.5 Å². The number of aliphatic carboxylic acids is 1.